The van der Waals surface area contributed by atoms with Gasteiger partial charge in [0, 0.05) is 25.4 Å². The Bertz CT molecular complexity index is 232. The van der Waals surface area contributed by atoms with Crippen LogP contribution < -0.4 is 11.1 Å². The molecule has 0 aromatic carbocycles. The van der Waals surface area contributed by atoms with E-state index in [4.69, 9.17) is 5.73 Å². The quantitative estimate of drug-likeness (QED) is 0.326. The second-order valence-corrected chi connectivity index (χ2v) is 2.46. The van der Waals surface area contributed by atoms with Crippen LogP contribution in [0.1, 0.15) is 0 Å². The molecule has 66 valence electrons. The van der Waals surface area contributed by atoms with E-state index in [9.17, 15) is 10.1 Å². The Balaban J connectivity index is 2.35. The van der Waals surface area contributed by atoms with E-state index in [0.29, 0.717) is 0 Å². The van der Waals surface area contributed by atoms with E-state index in [1.807, 2.05) is 0 Å². The Hall–Kier alpha value is -1.43. The molecule has 1 heterocycles. The van der Waals surface area contributed by atoms with Crippen molar-refractivity contribution in [2.24, 2.45) is 10.7 Å². The maximum atomic E-state index is 10.00. The van der Waals surface area contributed by atoms with Crippen LogP contribution in [0.2, 0.25) is 0 Å². The predicted octanol–water partition coefficient (Wildman–Crippen LogP) is -0.894. The third kappa shape index (κ3) is 2.31. The molecule has 0 aliphatic carbocycles. The van der Waals surface area contributed by atoms with Gasteiger partial charge < -0.3 is 15.4 Å². The van der Waals surface area contributed by atoms with Crippen molar-refractivity contribution in [3.8, 4) is 0 Å². The van der Waals surface area contributed by atoms with Gasteiger partial charge in [0.2, 0.25) is 0 Å². The van der Waals surface area contributed by atoms with Crippen molar-refractivity contribution in [3.63, 3.8) is 0 Å². The van der Waals surface area contributed by atoms with Gasteiger partial charge in [-0.05, 0) is 4.92 Å². The lowest BCUT2D eigenvalue weighted by atomic mass is 10.2. The Morgan fingerprint density at radius 3 is 2.83 bits per heavy atom. The zero-order valence-corrected chi connectivity index (χ0v) is 6.43. The van der Waals surface area contributed by atoms with Crippen LogP contribution >= 0.6 is 0 Å². The highest BCUT2D eigenvalue weighted by Crippen LogP contribution is 1.95. The average molecular weight is 170 g/mol. The second-order valence-electron chi connectivity index (χ2n) is 2.46. The van der Waals surface area contributed by atoms with Crippen molar-refractivity contribution in [1.29, 1.82) is 0 Å². The molecule has 3 N–H and O–H groups in total. The molecule has 1 rings (SSSR count). The van der Waals surface area contributed by atoms with Gasteiger partial charge in [-0.2, -0.15) is 0 Å². The van der Waals surface area contributed by atoms with Crippen LogP contribution in [-0.4, -0.2) is 30.3 Å². The van der Waals surface area contributed by atoms with Crippen LogP contribution in [0.3, 0.4) is 0 Å². The van der Waals surface area contributed by atoms with Gasteiger partial charge in [0.15, 0.2) is 0 Å². The first-order chi connectivity index (χ1) is 5.70. The van der Waals surface area contributed by atoms with E-state index in [1.165, 1.54) is 12.3 Å². The van der Waals surface area contributed by atoms with Gasteiger partial charge in [-0.1, -0.05) is 0 Å². The number of allylic oxidation sites excluding steroid dienone is 1. The molecule has 0 saturated carbocycles. The van der Waals surface area contributed by atoms with Crippen LogP contribution in [0.15, 0.2) is 16.9 Å². The molecule has 6 nitrogen and oxygen atoms in total. The van der Waals surface area contributed by atoms with Gasteiger partial charge in [-0.3, -0.25) is 10.7 Å². The van der Waals surface area contributed by atoms with Crippen molar-refractivity contribution < 1.29 is 4.92 Å². The summed E-state index contributed by atoms with van der Waals surface area (Å²) in [5, 5.41) is 13.0. The van der Waals surface area contributed by atoms with Gasteiger partial charge in [0.25, 0.3) is 0 Å². The number of nitrogens with one attached hydrogen (secondary N) is 1. The van der Waals surface area contributed by atoms with Gasteiger partial charge in [-0.25, -0.2) is 0 Å². The molecule has 0 spiro atoms. The smallest absolute Gasteiger partial charge is 0.315 e. The standard InChI is InChI=1S/C6H10N4O2/c7-6(10(11)12)1-2-9-5-3-8-4-5/h1-2,5,8H,3-4,7H2/b6-1+,9-2?. The van der Waals surface area contributed by atoms with E-state index in [-0.39, 0.29) is 11.9 Å². The van der Waals surface area contributed by atoms with Crippen molar-refractivity contribution >= 4 is 6.21 Å². The Labute approximate surface area is 69.3 Å². The molecule has 0 unspecified atom stereocenters. The highest BCUT2D eigenvalue weighted by molar-refractivity contribution is 5.71. The van der Waals surface area contributed by atoms with E-state index < -0.39 is 4.92 Å². The first-order valence-corrected chi connectivity index (χ1v) is 3.54. The summed E-state index contributed by atoms with van der Waals surface area (Å²) in [6, 6.07) is 0.251. The van der Waals surface area contributed by atoms with E-state index in [0.717, 1.165) is 13.1 Å². The fourth-order valence-corrected chi connectivity index (χ4v) is 0.681. The third-order valence-corrected chi connectivity index (χ3v) is 1.51. The maximum Gasteiger partial charge on any atom is 0.315 e. The van der Waals surface area contributed by atoms with E-state index in [1.54, 1.807) is 0 Å². The summed E-state index contributed by atoms with van der Waals surface area (Å²) in [4.78, 5) is 13.4. The van der Waals surface area contributed by atoms with Gasteiger partial charge in [0.1, 0.15) is 0 Å². The Morgan fingerprint density at radius 2 is 2.42 bits per heavy atom. The lowest BCUT2D eigenvalue weighted by molar-refractivity contribution is -0.426. The molecular weight excluding hydrogens is 160 g/mol. The largest absolute Gasteiger partial charge is 0.358 e. The molecule has 1 aliphatic rings. The minimum Gasteiger partial charge on any atom is -0.358 e. The topological polar surface area (TPSA) is 93.5 Å². The summed E-state index contributed by atoms with van der Waals surface area (Å²) < 4.78 is 0. The molecule has 1 saturated heterocycles. The van der Waals surface area contributed by atoms with E-state index >= 15 is 0 Å². The van der Waals surface area contributed by atoms with Gasteiger partial charge in [0.05, 0.1) is 6.04 Å². The Kier molecular flexibility index (Phi) is 2.76. The first kappa shape index (κ1) is 8.66. The van der Waals surface area contributed by atoms with Gasteiger partial charge >= 0.3 is 5.82 Å². The monoisotopic (exact) mass is 170 g/mol. The Morgan fingerprint density at radius 1 is 1.75 bits per heavy atom. The number of hydrogen-bond donors (Lipinski definition) is 2. The molecule has 0 atom stereocenters. The van der Waals surface area contributed by atoms with Crippen LogP contribution in [0, 0.1) is 10.1 Å². The molecule has 6 heteroatoms. The van der Waals surface area contributed by atoms with E-state index in [2.05, 4.69) is 10.3 Å². The molecule has 0 radical (unpaired) electrons. The number of nitro groups is 1. The van der Waals surface area contributed by atoms with Crippen LogP contribution in [0.5, 0.6) is 0 Å². The molecule has 0 aromatic rings. The fourth-order valence-electron chi connectivity index (χ4n) is 0.681. The number of nitrogens with zero attached hydrogens (tertiary/aromatic N) is 2. The second kappa shape index (κ2) is 3.82. The molecule has 0 amide bonds. The van der Waals surface area contributed by atoms with Crippen LogP contribution in [-0.2, 0) is 0 Å². The number of nitrogens with two attached hydrogens (primary N) is 1. The molecule has 1 aliphatic heterocycles. The van der Waals surface area contributed by atoms with Crippen molar-refractivity contribution in [2.75, 3.05) is 13.1 Å². The van der Waals surface area contributed by atoms with Crippen molar-refractivity contribution in [2.45, 2.75) is 6.04 Å². The molecule has 12 heavy (non-hydrogen) atoms. The minimum absolute atomic E-state index is 0.251. The highest BCUT2D eigenvalue weighted by atomic mass is 16.6. The summed E-state index contributed by atoms with van der Waals surface area (Å²) >= 11 is 0. The van der Waals surface area contributed by atoms with Crippen LogP contribution in [0.4, 0.5) is 0 Å². The normalized spacial score (nSPS) is 19.5. The fraction of sp³-hybridized carbons (Fsp3) is 0.500. The first-order valence-electron chi connectivity index (χ1n) is 3.54. The molecule has 0 aromatic heterocycles. The minimum atomic E-state index is -0.648. The zero-order chi connectivity index (χ0) is 8.97. The van der Waals surface area contributed by atoms with Crippen molar-refractivity contribution in [3.05, 3.63) is 22.0 Å². The highest BCUT2D eigenvalue weighted by Gasteiger charge is 2.13. The SMILES string of the molecule is N/C(=C\C=NC1CNC1)[N+](=O)[O-]. The van der Waals surface area contributed by atoms with Gasteiger partial charge in [-0.15, -0.1) is 0 Å². The lowest BCUT2D eigenvalue weighted by Crippen LogP contribution is -2.45. The third-order valence-electron chi connectivity index (χ3n) is 1.51. The zero-order valence-electron chi connectivity index (χ0n) is 6.43. The number of hydrogen-bond acceptors (Lipinski definition) is 5. The average Bonchev–Trinajstić information content (AvgIpc) is 1.93. The predicted molar refractivity (Wildman–Crippen MR) is 44.4 cm³/mol. The summed E-state index contributed by atoms with van der Waals surface area (Å²) in [5.74, 6) is -0.383. The molecule has 1 fully saturated rings. The summed E-state index contributed by atoms with van der Waals surface area (Å²) in [7, 11) is 0. The summed E-state index contributed by atoms with van der Waals surface area (Å²) in [6.45, 7) is 1.67. The molecule has 0 bridgehead atoms. The molecular formula is C6H10N4O2. The summed E-state index contributed by atoms with van der Waals surface area (Å²) in [5.41, 5.74) is 5.02. The number of rotatable bonds is 3. The maximum absolute atomic E-state index is 10.00. The van der Waals surface area contributed by atoms with Crippen molar-refractivity contribution in [1.82, 2.24) is 5.32 Å². The summed E-state index contributed by atoms with van der Waals surface area (Å²) in [6.07, 6.45) is 2.57. The lowest BCUT2D eigenvalue weighted by Gasteiger charge is -2.22. The number of aliphatic imine (C=N–C) groups is 1. The van der Waals surface area contributed by atoms with Crippen LogP contribution in [0.25, 0.3) is 0 Å².